The molecule has 0 N–H and O–H groups in total. The number of alkyl halides is 1. The van der Waals surface area contributed by atoms with Crippen molar-refractivity contribution in [2.45, 2.75) is 5.38 Å². The van der Waals surface area contributed by atoms with Crippen LogP contribution in [0.5, 0.6) is 5.75 Å². The van der Waals surface area contributed by atoms with Crippen molar-refractivity contribution in [3.05, 3.63) is 52.4 Å². The summed E-state index contributed by atoms with van der Waals surface area (Å²) in [6, 6.07) is 5.02. The maximum absolute atomic E-state index is 13.8. The predicted molar refractivity (Wildman–Crippen MR) is 64.3 cm³/mol. The Balaban J connectivity index is 2.44. The first-order chi connectivity index (χ1) is 8.52. The summed E-state index contributed by atoms with van der Waals surface area (Å²) >= 11 is 11.6. The fraction of sp³-hybridized carbons (Fsp3) is 0.167. The number of methoxy groups -OCH3 is 1. The quantitative estimate of drug-likeness (QED) is 0.775. The van der Waals surface area contributed by atoms with Gasteiger partial charge >= 0.3 is 0 Å². The summed E-state index contributed by atoms with van der Waals surface area (Å²) in [4.78, 5) is 0. The summed E-state index contributed by atoms with van der Waals surface area (Å²) in [5, 5.41) is -0.992. The molecule has 0 bridgehead atoms. The van der Waals surface area contributed by atoms with Crippen LogP contribution in [0.1, 0.15) is 16.7 Å². The Morgan fingerprint density at radius 1 is 1.22 bits per heavy atom. The van der Waals surface area contributed by atoms with Crippen LogP contribution in [0.25, 0.3) is 0 Å². The Hall–Kier alpha value is -1.26. The van der Waals surface area contributed by atoms with Gasteiger partial charge in [-0.15, -0.1) is 11.6 Å². The maximum Gasteiger partial charge on any atom is 0.193 e. The van der Waals surface area contributed by atoms with Crippen molar-refractivity contribution in [3.8, 4) is 5.75 Å². The second-order valence-electron chi connectivity index (χ2n) is 3.51. The number of rotatable bonds is 3. The lowest BCUT2D eigenvalue weighted by Gasteiger charge is -2.11. The molecule has 0 aliphatic rings. The maximum atomic E-state index is 13.8. The van der Waals surface area contributed by atoms with Crippen LogP contribution in [0, 0.1) is 11.6 Å². The van der Waals surface area contributed by atoms with Gasteiger partial charge in [0, 0.05) is 17.7 Å². The van der Waals surface area contributed by atoms with Gasteiger partial charge in [0.05, 0.1) is 7.11 Å². The second-order valence-corrected chi connectivity index (χ2v) is 4.32. The standard InChI is InChI=1S/C12H8Cl2F2O2/c1-17-6-4-7(15)11(8(16)5-6)12(14)9-2-3-10(13)18-9/h2-5,12H,1H3. The smallest absolute Gasteiger partial charge is 0.193 e. The van der Waals surface area contributed by atoms with Crippen LogP contribution in [-0.4, -0.2) is 7.11 Å². The average Bonchev–Trinajstić information content (AvgIpc) is 2.74. The van der Waals surface area contributed by atoms with E-state index in [4.69, 9.17) is 32.4 Å². The van der Waals surface area contributed by atoms with E-state index in [9.17, 15) is 8.78 Å². The molecule has 2 aromatic rings. The third-order valence-electron chi connectivity index (χ3n) is 2.39. The topological polar surface area (TPSA) is 22.4 Å². The van der Waals surface area contributed by atoms with Gasteiger partial charge < -0.3 is 9.15 Å². The largest absolute Gasteiger partial charge is 0.497 e. The summed E-state index contributed by atoms with van der Waals surface area (Å²) in [6.45, 7) is 0. The van der Waals surface area contributed by atoms with Crippen LogP contribution < -0.4 is 4.74 Å². The molecule has 0 saturated heterocycles. The predicted octanol–water partition coefficient (Wildman–Crippen LogP) is 4.55. The molecule has 0 saturated carbocycles. The SMILES string of the molecule is COc1cc(F)c(C(Cl)c2ccc(Cl)o2)c(F)c1. The lowest BCUT2D eigenvalue weighted by atomic mass is 10.1. The van der Waals surface area contributed by atoms with Gasteiger partial charge in [0.1, 0.15) is 28.5 Å². The van der Waals surface area contributed by atoms with Crippen molar-refractivity contribution in [2.24, 2.45) is 0 Å². The number of hydrogen-bond acceptors (Lipinski definition) is 2. The molecule has 6 heteroatoms. The van der Waals surface area contributed by atoms with Gasteiger partial charge in [-0.3, -0.25) is 0 Å². The monoisotopic (exact) mass is 292 g/mol. The molecule has 0 radical (unpaired) electrons. The van der Waals surface area contributed by atoms with Crippen molar-refractivity contribution in [1.82, 2.24) is 0 Å². The van der Waals surface area contributed by atoms with Crippen molar-refractivity contribution in [1.29, 1.82) is 0 Å². The van der Waals surface area contributed by atoms with Gasteiger partial charge in [-0.2, -0.15) is 0 Å². The molecule has 1 aromatic carbocycles. The lowest BCUT2D eigenvalue weighted by Crippen LogP contribution is -2.01. The Labute approximate surface area is 112 Å². The average molecular weight is 293 g/mol. The fourth-order valence-corrected chi connectivity index (χ4v) is 2.01. The first kappa shape index (κ1) is 13.2. The molecule has 96 valence electrons. The second kappa shape index (κ2) is 5.16. The highest BCUT2D eigenvalue weighted by Crippen LogP contribution is 2.35. The minimum atomic E-state index is -1.09. The van der Waals surface area contributed by atoms with Crippen molar-refractivity contribution < 1.29 is 17.9 Å². The molecule has 1 aromatic heterocycles. The highest BCUT2D eigenvalue weighted by Gasteiger charge is 2.23. The third-order valence-corrected chi connectivity index (χ3v) is 3.02. The first-order valence-corrected chi connectivity index (χ1v) is 5.76. The Kier molecular flexibility index (Phi) is 3.78. The number of ether oxygens (including phenoxy) is 1. The van der Waals surface area contributed by atoms with E-state index in [0.29, 0.717) is 0 Å². The third kappa shape index (κ3) is 2.44. The van der Waals surface area contributed by atoms with Gasteiger partial charge in [-0.1, -0.05) is 0 Å². The summed E-state index contributed by atoms with van der Waals surface area (Å²) < 4.78 is 37.3. The number of hydrogen-bond donors (Lipinski definition) is 0. The highest BCUT2D eigenvalue weighted by molar-refractivity contribution is 6.29. The molecule has 0 amide bonds. The van der Waals surface area contributed by atoms with Gasteiger partial charge in [-0.25, -0.2) is 8.78 Å². The van der Waals surface area contributed by atoms with Crippen LogP contribution in [0.15, 0.2) is 28.7 Å². The molecular formula is C12H8Cl2F2O2. The minimum absolute atomic E-state index is 0.0788. The molecule has 2 rings (SSSR count). The molecule has 2 nitrogen and oxygen atoms in total. The van der Waals surface area contributed by atoms with Gasteiger partial charge in [0.15, 0.2) is 5.22 Å². The van der Waals surface area contributed by atoms with E-state index in [1.807, 2.05) is 0 Å². The zero-order valence-corrected chi connectivity index (χ0v) is 10.7. The van der Waals surface area contributed by atoms with E-state index >= 15 is 0 Å². The van der Waals surface area contributed by atoms with Crippen LogP contribution in [-0.2, 0) is 0 Å². The van der Waals surface area contributed by atoms with E-state index in [-0.39, 0.29) is 22.3 Å². The summed E-state index contributed by atoms with van der Waals surface area (Å²) in [5.41, 5.74) is -0.302. The normalized spacial score (nSPS) is 12.5. The van der Waals surface area contributed by atoms with Crippen molar-refractivity contribution in [2.75, 3.05) is 7.11 Å². The molecule has 0 aliphatic carbocycles. The number of halogens is 4. The Morgan fingerprint density at radius 2 is 1.83 bits per heavy atom. The van der Waals surface area contributed by atoms with Crippen LogP contribution in [0.4, 0.5) is 8.78 Å². The molecular weight excluding hydrogens is 285 g/mol. The molecule has 0 aliphatic heterocycles. The molecule has 1 unspecified atom stereocenters. The van der Waals surface area contributed by atoms with Crippen molar-refractivity contribution in [3.63, 3.8) is 0 Å². The molecule has 0 fully saturated rings. The van der Waals surface area contributed by atoms with E-state index in [2.05, 4.69) is 0 Å². The zero-order valence-electron chi connectivity index (χ0n) is 9.22. The highest BCUT2D eigenvalue weighted by atomic mass is 35.5. The van der Waals surface area contributed by atoms with E-state index in [0.717, 1.165) is 12.1 Å². The lowest BCUT2D eigenvalue weighted by molar-refractivity contribution is 0.404. The minimum Gasteiger partial charge on any atom is -0.497 e. The van der Waals surface area contributed by atoms with Gasteiger partial charge in [-0.05, 0) is 23.7 Å². The Morgan fingerprint density at radius 3 is 2.28 bits per heavy atom. The molecule has 1 heterocycles. The summed E-state index contributed by atoms with van der Waals surface area (Å²) in [5.74, 6) is -1.36. The van der Waals surface area contributed by atoms with Crippen molar-refractivity contribution >= 4 is 23.2 Å². The summed E-state index contributed by atoms with van der Waals surface area (Å²) in [6.07, 6.45) is 0. The van der Waals surface area contributed by atoms with Gasteiger partial charge in [0.25, 0.3) is 0 Å². The van der Waals surface area contributed by atoms with Gasteiger partial charge in [0.2, 0.25) is 0 Å². The first-order valence-electron chi connectivity index (χ1n) is 4.95. The molecule has 18 heavy (non-hydrogen) atoms. The van der Waals surface area contributed by atoms with Crippen LogP contribution >= 0.6 is 23.2 Å². The van der Waals surface area contributed by atoms with E-state index < -0.39 is 17.0 Å². The van der Waals surface area contributed by atoms with E-state index in [1.165, 1.54) is 19.2 Å². The van der Waals surface area contributed by atoms with Crippen LogP contribution in [0.3, 0.4) is 0 Å². The zero-order chi connectivity index (χ0) is 13.3. The number of furan rings is 1. The molecule has 1 atom stereocenters. The van der Waals surface area contributed by atoms with Crippen LogP contribution in [0.2, 0.25) is 5.22 Å². The van der Waals surface area contributed by atoms with E-state index in [1.54, 1.807) is 0 Å². The fourth-order valence-electron chi connectivity index (χ4n) is 1.53. The molecule has 0 spiro atoms. The summed E-state index contributed by atoms with van der Waals surface area (Å²) in [7, 11) is 1.32. The number of benzene rings is 1. The Bertz CT molecular complexity index is 546.